The van der Waals surface area contributed by atoms with E-state index in [0.717, 1.165) is 0 Å². The van der Waals surface area contributed by atoms with Crippen molar-refractivity contribution in [1.29, 1.82) is 0 Å². The van der Waals surface area contributed by atoms with Gasteiger partial charge in [-0.25, -0.2) is 0 Å². The van der Waals surface area contributed by atoms with Crippen LogP contribution in [0.15, 0.2) is 65.3 Å². The second-order valence-electron chi connectivity index (χ2n) is 6.01. The molecule has 0 unspecified atom stereocenters. The van der Waals surface area contributed by atoms with E-state index in [4.69, 9.17) is 4.42 Å². The Labute approximate surface area is 158 Å². The summed E-state index contributed by atoms with van der Waals surface area (Å²) in [5, 5.41) is 7.52. The summed E-state index contributed by atoms with van der Waals surface area (Å²) < 4.78 is 5.02. The predicted molar refractivity (Wildman–Crippen MR) is 99.3 cm³/mol. The lowest BCUT2D eigenvalue weighted by molar-refractivity contribution is 0.0877. The lowest BCUT2D eigenvalue weighted by Crippen LogP contribution is -2.19. The highest BCUT2D eigenvalue weighted by atomic mass is 16.3. The number of hydrogen-bond donors (Lipinski definition) is 3. The molecule has 0 fully saturated rings. The maximum atomic E-state index is 12.4. The average Bonchev–Trinajstić information content (AvgIpc) is 3.31. The Morgan fingerprint density at radius 1 is 0.786 bits per heavy atom. The van der Waals surface area contributed by atoms with Crippen molar-refractivity contribution >= 4 is 35.0 Å². The first-order valence-corrected chi connectivity index (χ1v) is 8.27. The van der Waals surface area contributed by atoms with Crippen LogP contribution in [0.25, 0.3) is 0 Å². The molecule has 0 saturated carbocycles. The number of carbonyl (C=O) groups excluding carboxylic acids is 4. The molecule has 8 nitrogen and oxygen atoms in total. The van der Waals surface area contributed by atoms with Crippen molar-refractivity contribution in [2.24, 2.45) is 0 Å². The summed E-state index contributed by atoms with van der Waals surface area (Å²) in [4.78, 5) is 47.6. The molecule has 0 saturated heterocycles. The third-order valence-electron chi connectivity index (χ3n) is 4.14. The highest BCUT2D eigenvalue weighted by molar-refractivity contribution is 6.22. The van der Waals surface area contributed by atoms with Crippen LogP contribution >= 0.6 is 0 Å². The zero-order valence-corrected chi connectivity index (χ0v) is 14.3. The summed E-state index contributed by atoms with van der Waals surface area (Å²) in [6, 6.07) is 13.9. The van der Waals surface area contributed by atoms with Crippen molar-refractivity contribution < 1.29 is 23.6 Å². The zero-order chi connectivity index (χ0) is 19.7. The molecule has 0 atom stereocenters. The minimum Gasteiger partial charge on any atom is -0.459 e. The summed E-state index contributed by atoms with van der Waals surface area (Å²) in [6.07, 6.45) is 1.40. The van der Waals surface area contributed by atoms with Gasteiger partial charge in [-0.15, -0.1) is 0 Å². The number of benzene rings is 2. The average molecular weight is 375 g/mol. The first-order chi connectivity index (χ1) is 13.5. The van der Waals surface area contributed by atoms with Gasteiger partial charge in [0.05, 0.1) is 17.4 Å². The van der Waals surface area contributed by atoms with E-state index in [9.17, 15) is 19.2 Å². The highest BCUT2D eigenvalue weighted by Crippen LogP contribution is 2.21. The van der Waals surface area contributed by atoms with Crippen LogP contribution in [-0.4, -0.2) is 23.6 Å². The second-order valence-corrected chi connectivity index (χ2v) is 6.01. The van der Waals surface area contributed by atoms with E-state index >= 15 is 0 Å². The number of nitrogens with one attached hydrogen (secondary N) is 3. The first kappa shape index (κ1) is 17.2. The molecular weight excluding hydrogens is 362 g/mol. The van der Waals surface area contributed by atoms with Gasteiger partial charge in [0.25, 0.3) is 23.6 Å². The van der Waals surface area contributed by atoms with Crippen molar-refractivity contribution in [3.05, 3.63) is 83.3 Å². The van der Waals surface area contributed by atoms with E-state index in [2.05, 4.69) is 16.0 Å². The fraction of sp³-hybridized carbons (Fsp3) is 0. The van der Waals surface area contributed by atoms with Gasteiger partial charge in [-0.1, -0.05) is 0 Å². The third kappa shape index (κ3) is 3.26. The van der Waals surface area contributed by atoms with Gasteiger partial charge >= 0.3 is 0 Å². The van der Waals surface area contributed by atoms with Crippen LogP contribution in [-0.2, 0) is 0 Å². The van der Waals surface area contributed by atoms with Gasteiger partial charge in [0.15, 0.2) is 5.76 Å². The topological polar surface area (TPSA) is 118 Å². The standard InChI is InChI=1S/C20H13N3O5/c24-17(22-13-7-8-14-15(10-13)19(26)23-18(14)25)11-3-5-12(6-4-11)21-20(27)16-2-1-9-28-16/h1-10H,(H,21,27)(H,22,24)(H,23,25,26). The SMILES string of the molecule is O=C(Nc1ccc2c(c1)C(=O)NC2=O)c1ccc(NC(=O)c2ccco2)cc1. The van der Waals surface area contributed by atoms with Crippen LogP contribution in [0, 0.1) is 0 Å². The van der Waals surface area contributed by atoms with Crippen molar-refractivity contribution in [2.45, 2.75) is 0 Å². The van der Waals surface area contributed by atoms with Gasteiger partial charge in [0.2, 0.25) is 0 Å². The van der Waals surface area contributed by atoms with Crippen LogP contribution in [0.1, 0.15) is 41.6 Å². The predicted octanol–water partition coefficient (Wildman–Crippen LogP) is 2.67. The lowest BCUT2D eigenvalue weighted by Gasteiger charge is -2.08. The zero-order valence-electron chi connectivity index (χ0n) is 14.3. The molecule has 1 aliphatic rings. The number of hydrogen-bond acceptors (Lipinski definition) is 5. The van der Waals surface area contributed by atoms with Gasteiger partial charge in [0.1, 0.15) is 0 Å². The quantitative estimate of drug-likeness (QED) is 0.606. The summed E-state index contributed by atoms with van der Waals surface area (Å²) in [6.45, 7) is 0. The molecule has 4 amide bonds. The second kappa shape index (κ2) is 6.84. The third-order valence-corrected chi connectivity index (χ3v) is 4.14. The molecule has 8 heteroatoms. The molecule has 0 radical (unpaired) electrons. The molecule has 1 aliphatic heterocycles. The Kier molecular flexibility index (Phi) is 4.21. The number of furan rings is 1. The van der Waals surface area contributed by atoms with E-state index in [0.29, 0.717) is 16.9 Å². The molecule has 0 aliphatic carbocycles. The van der Waals surface area contributed by atoms with E-state index in [1.165, 1.54) is 18.4 Å². The molecule has 4 rings (SSSR count). The summed E-state index contributed by atoms with van der Waals surface area (Å²) >= 11 is 0. The Balaban J connectivity index is 1.44. The normalized spacial score (nSPS) is 12.3. The fourth-order valence-corrected chi connectivity index (χ4v) is 2.75. The summed E-state index contributed by atoms with van der Waals surface area (Å²) in [5.74, 6) is -1.56. The molecule has 28 heavy (non-hydrogen) atoms. The monoisotopic (exact) mass is 375 g/mol. The van der Waals surface area contributed by atoms with Crippen LogP contribution < -0.4 is 16.0 Å². The maximum absolute atomic E-state index is 12.4. The molecule has 0 bridgehead atoms. The molecule has 1 aromatic heterocycles. The van der Waals surface area contributed by atoms with Crippen LogP contribution in [0.2, 0.25) is 0 Å². The molecule has 2 aromatic carbocycles. The van der Waals surface area contributed by atoms with E-state index < -0.39 is 23.6 Å². The first-order valence-electron chi connectivity index (χ1n) is 8.27. The number of carbonyl (C=O) groups is 4. The Morgan fingerprint density at radius 3 is 2.18 bits per heavy atom. The molecule has 3 N–H and O–H groups in total. The van der Waals surface area contributed by atoms with Crippen molar-refractivity contribution in [3.8, 4) is 0 Å². The highest BCUT2D eigenvalue weighted by Gasteiger charge is 2.26. The summed E-state index contributed by atoms with van der Waals surface area (Å²) in [7, 11) is 0. The van der Waals surface area contributed by atoms with E-state index in [1.807, 2.05) is 0 Å². The fourth-order valence-electron chi connectivity index (χ4n) is 2.75. The number of rotatable bonds is 4. The Morgan fingerprint density at radius 2 is 1.46 bits per heavy atom. The number of imide groups is 1. The van der Waals surface area contributed by atoms with Gasteiger partial charge in [-0.05, 0) is 54.6 Å². The van der Waals surface area contributed by atoms with Gasteiger partial charge in [0, 0.05) is 16.9 Å². The largest absolute Gasteiger partial charge is 0.459 e. The molecule has 3 aromatic rings. The lowest BCUT2D eigenvalue weighted by atomic mass is 10.1. The molecule has 0 spiro atoms. The van der Waals surface area contributed by atoms with E-state index in [-0.39, 0.29) is 16.9 Å². The van der Waals surface area contributed by atoms with Gasteiger partial charge < -0.3 is 15.1 Å². The molecular formula is C20H13N3O5. The molecule has 2 heterocycles. The van der Waals surface area contributed by atoms with Crippen molar-refractivity contribution in [1.82, 2.24) is 5.32 Å². The summed E-state index contributed by atoms with van der Waals surface area (Å²) in [5.41, 5.74) is 1.75. The minimum absolute atomic E-state index is 0.181. The number of anilines is 2. The van der Waals surface area contributed by atoms with Crippen molar-refractivity contribution in [2.75, 3.05) is 10.6 Å². The number of amides is 4. The molecule has 138 valence electrons. The van der Waals surface area contributed by atoms with Gasteiger partial charge in [-0.2, -0.15) is 0 Å². The van der Waals surface area contributed by atoms with Crippen molar-refractivity contribution in [3.63, 3.8) is 0 Å². The van der Waals surface area contributed by atoms with Crippen LogP contribution in [0.5, 0.6) is 0 Å². The maximum Gasteiger partial charge on any atom is 0.291 e. The Hall–Kier alpha value is -4.20. The number of fused-ring (bicyclic) bond motifs is 1. The van der Waals surface area contributed by atoms with E-state index in [1.54, 1.807) is 42.5 Å². The Bertz CT molecular complexity index is 1100. The minimum atomic E-state index is -0.493. The van der Waals surface area contributed by atoms with Gasteiger partial charge in [-0.3, -0.25) is 24.5 Å². The van der Waals surface area contributed by atoms with Crippen LogP contribution in [0.4, 0.5) is 11.4 Å². The smallest absolute Gasteiger partial charge is 0.291 e. The van der Waals surface area contributed by atoms with Crippen LogP contribution in [0.3, 0.4) is 0 Å².